The number of rotatable bonds is 6. The van der Waals surface area contributed by atoms with Crippen LogP contribution in [-0.2, 0) is 14.9 Å². The molecule has 4 rings (SSSR count). The number of nitrogens with one attached hydrogen (secondary N) is 1. The lowest BCUT2D eigenvalue weighted by molar-refractivity contribution is -0.130. The van der Waals surface area contributed by atoms with Gasteiger partial charge in [0, 0.05) is 35.4 Å². The molecule has 0 aromatic heterocycles. The van der Waals surface area contributed by atoms with Crippen LogP contribution in [-0.4, -0.2) is 43.7 Å². The number of hydrogen-bond donors (Lipinski definition) is 1. The molecule has 1 amide bonds. The van der Waals surface area contributed by atoms with E-state index in [9.17, 15) is 9.18 Å². The lowest BCUT2D eigenvalue weighted by Gasteiger charge is -2.37. The molecule has 0 saturated carbocycles. The summed E-state index contributed by atoms with van der Waals surface area (Å²) in [5.74, 6) is -0.396. The fourth-order valence-corrected chi connectivity index (χ4v) is 5.21. The predicted octanol–water partition coefficient (Wildman–Crippen LogP) is 5.13. The molecule has 2 aromatic carbocycles. The summed E-state index contributed by atoms with van der Waals surface area (Å²) in [4.78, 5) is 15.8. The number of nitrogens with zero attached hydrogens (tertiary/aromatic N) is 1. The fourth-order valence-electron chi connectivity index (χ4n) is 4.79. The first-order valence-corrected chi connectivity index (χ1v) is 11.6. The van der Waals surface area contributed by atoms with E-state index < -0.39 is 5.41 Å². The van der Waals surface area contributed by atoms with Crippen LogP contribution in [0.1, 0.15) is 42.9 Å². The van der Waals surface area contributed by atoms with Gasteiger partial charge in [-0.15, -0.1) is 0 Å². The molecule has 2 saturated heterocycles. The summed E-state index contributed by atoms with van der Waals surface area (Å²) in [6, 6.07) is 11.9. The second-order valence-electron chi connectivity index (χ2n) is 8.31. The lowest BCUT2D eigenvalue weighted by atomic mass is 9.73. The molecule has 2 aromatic rings. The van der Waals surface area contributed by atoms with Crippen LogP contribution in [0.2, 0.25) is 10.0 Å². The highest BCUT2D eigenvalue weighted by molar-refractivity contribution is 6.31. The lowest BCUT2D eigenvalue weighted by Crippen LogP contribution is -2.50. The average Bonchev–Trinajstić information content (AvgIpc) is 3.31. The van der Waals surface area contributed by atoms with Crippen molar-refractivity contribution in [3.63, 3.8) is 0 Å². The van der Waals surface area contributed by atoms with E-state index in [4.69, 9.17) is 27.9 Å². The SMILES string of the molecule is O=C(NCC(c1c(F)cccc1Cl)N1CCCC1)C1(c2ccc(Cl)cc2)CCOCC1. The Labute approximate surface area is 192 Å². The molecule has 0 bridgehead atoms. The Hall–Kier alpha value is -1.66. The highest BCUT2D eigenvalue weighted by Gasteiger charge is 2.42. The van der Waals surface area contributed by atoms with Crippen LogP contribution in [0.5, 0.6) is 0 Å². The van der Waals surface area contributed by atoms with Crippen LogP contribution >= 0.6 is 23.2 Å². The van der Waals surface area contributed by atoms with Gasteiger partial charge in [0.2, 0.25) is 5.91 Å². The van der Waals surface area contributed by atoms with E-state index in [1.54, 1.807) is 12.1 Å². The topological polar surface area (TPSA) is 41.6 Å². The quantitative estimate of drug-likeness (QED) is 0.643. The molecule has 0 radical (unpaired) electrons. The fraction of sp³-hybridized carbons (Fsp3) is 0.458. The summed E-state index contributed by atoms with van der Waals surface area (Å²) in [6.07, 6.45) is 3.30. The number of ether oxygens (including phenoxy) is 1. The largest absolute Gasteiger partial charge is 0.381 e. The van der Waals surface area contributed by atoms with Gasteiger partial charge in [0.15, 0.2) is 0 Å². The van der Waals surface area contributed by atoms with Crippen LogP contribution in [0.25, 0.3) is 0 Å². The maximum absolute atomic E-state index is 14.8. The van der Waals surface area contributed by atoms with Gasteiger partial charge in [-0.2, -0.15) is 0 Å². The molecule has 1 atom stereocenters. The standard InChI is InChI=1S/C24H27Cl2FN2O2/c25-18-8-6-17(7-9-18)24(10-14-31-15-11-24)23(30)28-16-21(29-12-1-2-13-29)22-19(26)4-3-5-20(22)27/h3-9,21H,1-2,10-16H2,(H,28,30). The molecule has 0 spiro atoms. The van der Waals surface area contributed by atoms with Crippen molar-refractivity contribution in [3.05, 3.63) is 69.5 Å². The Morgan fingerprint density at radius 1 is 1.10 bits per heavy atom. The second-order valence-corrected chi connectivity index (χ2v) is 9.15. The molecule has 31 heavy (non-hydrogen) atoms. The molecule has 2 aliphatic heterocycles. The summed E-state index contributed by atoms with van der Waals surface area (Å²) < 4.78 is 20.3. The molecule has 0 aliphatic carbocycles. The van der Waals surface area contributed by atoms with Gasteiger partial charge in [0.25, 0.3) is 0 Å². The van der Waals surface area contributed by atoms with Gasteiger partial charge >= 0.3 is 0 Å². The van der Waals surface area contributed by atoms with Crippen LogP contribution in [0, 0.1) is 5.82 Å². The molecular formula is C24H27Cl2FN2O2. The third-order valence-electron chi connectivity index (χ3n) is 6.55. The predicted molar refractivity (Wildman–Crippen MR) is 121 cm³/mol. The normalized spacial score (nSPS) is 19.8. The number of likely N-dealkylation sites (tertiary alicyclic amines) is 1. The number of benzene rings is 2. The Morgan fingerprint density at radius 3 is 2.42 bits per heavy atom. The van der Waals surface area contributed by atoms with Gasteiger partial charge in [-0.05, 0) is 68.6 Å². The summed E-state index contributed by atoms with van der Waals surface area (Å²) in [6.45, 7) is 3.06. The first kappa shape index (κ1) is 22.5. The Morgan fingerprint density at radius 2 is 1.77 bits per heavy atom. The highest BCUT2D eigenvalue weighted by atomic mass is 35.5. The van der Waals surface area contributed by atoms with Crippen molar-refractivity contribution < 1.29 is 13.9 Å². The molecular weight excluding hydrogens is 438 g/mol. The number of carbonyl (C=O) groups excluding carboxylic acids is 1. The minimum atomic E-state index is -0.683. The zero-order chi connectivity index (χ0) is 21.8. The third kappa shape index (κ3) is 4.75. The van der Waals surface area contributed by atoms with Crippen molar-refractivity contribution in [3.8, 4) is 0 Å². The van der Waals surface area contributed by atoms with Gasteiger partial charge in [0.1, 0.15) is 5.82 Å². The summed E-state index contributed by atoms with van der Waals surface area (Å²) >= 11 is 12.5. The second kappa shape index (κ2) is 9.86. The van der Waals surface area contributed by atoms with Crippen molar-refractivity contribution in [2.75, 3.05) is 32.8 Å². The minimum absolute atomic E-state index is 0.0604. The average molecular weight is 465 g/mol. The van der Waals surface area contributed by atoms with Crippen molar-refractivity contribution in [1.29, 1.82) is 0 Å². The molecule has 1 N–H and O–H groups in total. The number of carbonyl (C=O) groups is 1. The zero-order valence-corrected chi connectivity index (χ0v) is 18.9. The summed E-state index contributed by atoms with van der Waals surface area (Å²) in [5, 5.41) is 4.17. The summed E-state index contributed by atoms with van der Waals surface area (Å²) in [5.41, 5.74) is 0.704. The van der Waals surface area contributed by atoms with E-state index in [1.807, 2.05) is 24.3 Å². The van der Waals surface area contributed by atoms with Crippen LogP contribution in [0.15, 0.2) is 42.5 Å². The van der Waals surface area contributed by atoms with Gasteiger partial charge in [-0.25, -0.2) is 4.39 Å². The smallest absolute Gasteiger partial charge is 0.230 e. The first-order valence-electron chi connectivity index (χ1n) is 10.8. The molecule has 2 heterocycles. The van der Waals surface area contributed by atoms with Gasteiger partial charge < -0.3 is 10.1 Å². The van der Waals surface area contributed by atoms with Crippen LogP contribution in [0.4, 0.5) is 4.39 Å². The van der Waals surface area contributed by atoms with E-state index in [-0.39, 0.29) is 17.8 Å². The van der Waals surface area contributed by atoms with Gasteiger partial charge in [0.05, 0.1) is 11.5 Å². The van der Waals surface area contributed by atoms with Crippen molar-refractivity contribution >= 4 is 29.1 Å². The third-order valence-corrected chi connectivity index (χ3v) is 7.13. The van der Waals surface area contributed by atoms with E-state index in [0.29, 0.717) is 48.2 Å². The summed E-state index contributed by atoms with van der Waals surface area (Å²) in [7, 11) is 0. The van der Waals surface area contributed by atoms with Gasteiger partial charge in [-0.3, -0.25) is 9.69 Å². The van der Waals surface area contributed by atoms with Gasteiger partial charge in [-0.1, -0.05) is 41.4 Å². The van der Waals surface area contributed by atoms with Crippen molar-refractivity contribution in [2.45, 2.75) is 37.1 Å². The Balaban J connectivity index is 1.59. The monoisotopic (exact) mass is 464 g/mol. The van der Waals surface area contributed by atoms with E-state index in [2.05, 4.69) is 10.2 Å². The first-order chi connectivity index (χ1) is 15.0. The van der Waals surface area contributed by atoms with Crippen LogP contribution in [0.3, 0.4) is 0 Å². The molecule has 166 valence electrons. The van der Waals surface area contributed by atoms with E-state index in [0.717, 1.165) is 31.5 Å². The molecule has 7 heteroatoms. The maximum Gasteiger partial charge on any atom is 0.230 e. The van der Waals surface area contributed by atoms with Crippen LogP contribution < -0.4 is 5.32 Å². The Bertz CT molecular complexity index is 890. The Kier molecular flexibility index (Phi) is 7.17. The van der Waals surface area contributed by atoms with Crippen molar-refractivity contribution in [1.82, 2.24) is 10.2 Å². The maximum atomic E-state index is 14.8. The molecule has 2 fully saturated rings. The zero-order valence-electron chi connectivity index (χ0n) is 17.4. The number of halogens is 3. The molecule has 4 nitrogen and oxygen atoms in total. The number of hydrogen-bond acceptors (Lipinski definition) is 3. The molecule has 1 unspecified atom stereocenters. The van der Waals surface area contributed by atoms with E-state index >= 15 is 0 Å². The highest BCUT2D eigenvalue weighted by Crippen LogP contribution is 2.37. The minimum Gasteiger partial charge on any atom is -0.381 e. The number of amides is 1. The van der Waals surface area contributed by atoms with E-state index in [1.165, 1.54) is 6.07 Å². The van der Waals surface area contributed by atoms with Crippen molar-refractivity contribution in [2.24, 2.45) is 0 Å². The molecule has 2 aliphatic rings.